The normalized spacial score (nSPS) is 14.1. The van der Waals surface area contributed by atoms with Crippen LogP contribution in [0.5, 0.6) is 23.0 Å². The summed E-state index contributed by atoms with van der Waals surface area (Å²) < 4.78 is 63.4. The molecule has 4 aromatic rings. The Kier molecular flexibility index (Phi) is 5.31. The number of nitrogens with zero attached hydrogens (tertiary/aromatic N) is 1. The zero-order valence-electron chi connectivity index (χ0n) is 18.7. The van der Waals surface area contributed by atoms with E-state index in [-0.39, 0.29) is 37.1 Å². The maximum atomic E-state index is 13.6. The van der Waals surface area contributed by atoms with Crippen LogP contribution < -0.4 is 24.5 Å². The fourth-order valence-corrected chi connectivity index (χ4v) is 5.58. The smallest absolute Gasteiger partial charge is 0.252 e. The Bertz CT molecular complexity index is 1650. The Morgan fingerprint density at radius 3 is 2.22 bits per heavy atom. The van der Waals surface area contributed by atoms with Crippen molar-refractivity contribution in [3.05, 3.63) is 88.0 Å². The Balaban J connectivity index is 1.40. The molecule has 0 bridgehead atoms. The molecule has 9 nitrogen and oxygen atoms in total. The summed E-state index contributed by atoms with van der Waals surface area (Å²) in [7, 11) is -4.11. The first-order valence-electron chi connectivity index (χ1n) is 11.0. The number of ether oxygens (including phenoxy) is 4. The first-order chi connectivity index (χ1) is 17.4. The number of hydrogen-bond acceptors (Lipinski definition) is 7. The zero-order chi connectivity index (χ0) is 24.9. The minimum absolute atomic E-state index is 0.0605. The van der Waals surface area contributed by atoms with E-state index in [1.165, 1.54) is 16.4 Å². The van der Waals surface area contributed by atoms with Crippen molar-refractivity contribution in [3.8, 4) is 23.0 Å². The number of pyridine rings is 1. The number of H-pyrrole nitrogens is 1. The molecule has 11 heteroatoms. The van der Waals surface area contributed by atoms with Crippen LogP contribution in [0.4, 0.5) is 4.39 Å². The fourth-order valence-electron chi connectivity index (χ4n) is 4.17. The van der Waals surface area contributed by atoms with Gasteiger partial charge in [-0.15, -0.1) is 0 Å². The molecular weight excluding hydrogens is 491 g/mol. The van der Waals surface area contributed by atoms with E-state index in [1.54, 1.807) is 36.4 Å². The molecule has 3 heterocycles. The first kappa shape index (κ1) is 22.4. The standard InChI is InChI=1S/C25H19FN2O7S/c26-18-2-4-19(5-3-18)36(30,31)28(11-15-1-6-21-22(7-15)33-13-32-21)12-17-8-16-9-23-24(35-14-34-23)10-20(16)27-25(17)29/h1-10H,11-14H2,(H,27,29). The van der Waals surface area contributed by atoms with Crippen molar-refractivity contribution < 1.29 is 31.8 Å². The largest absolute Gasteiger partial charge is 0.454 e. The lowest BCUT2D eigenvalue weighted by Gasteiger charge is -2.22. The molecular formula is C25H19FN2O7S. The van der Waals surface area contributed by atoms with Crippen molar-refractivity contribution in [2.24, 2.45) is 0 Å². The summed E-state index contributed by atoms with van der Waals surface area (Å²) in [6.07, 6.45) is 0. The topological polar surface area (TPSA) is 107 Å². The second-order valence-electron chi connectivity index (χ2n) is 8.33. The van der Waals surface area contributed by atoms with Gasteiger partial charge in [0.2, 0.25) is 23.6 Å². The molecule has 2 aliphatic rings. The van der Waals surface area contributed by atoms with Crippen LogP contribution in [0, 0.1) is 5.82 Å². The van der Waals surface area contributed by atoms with Crippen molar-refractivity contribution in [2.45, 2.75) is 18.0 Å². The van der Waals surface area contributed by atoms with Gasteiger partial charge in [-0.2, -0.15) is 4.31 Å². The molecule has 2 aliphatic heterocycles. The quantitative estimate of drug-likeness (QED) is 0.423. The van der Waals surface area contributed by atoms with Crippen molar-refractivity contribution >= 4 is 20.9 Å². The first-order valence-corrected chi connectivity index (χ1v) is 12.4. The van der Waals surface area contributed by atoms with E-state index in [2.05, 4.69) is 4.98 Å². The predicted molar refractivity (Wildman–Crippen MR) is 126 cm³/mol. The number of rotatable bonds is 6. The number of aromatic nitrogens is 1. The van der Waals surface area contributed by atoms with Crippen LogP contribution in [-0.4, -0.2) is 31.3 Å². The molecule has 36 heavy (non-hydrogen) atoms. The van der Waals surface area contributed by atoms with E-state index in [9.17, 15) is 17.6 Å². The Morgan fingerprint density at radius 1 is 0.806 bits per heavy atom. The minimum atomic E-state index is -4.11. The molecule has 6 rings (SSSR count). The van der Waals surface area contributed by atoms with Crippen molar-refractivity contribution in [1.29, 1.82) is 0 Å². The molecule has 0 aliphatic carbocycles. The molecule has 0 saturated heterocycles. The molecule has 0 radical (unpaired) electrons. The molecule has 0 spiro atoms. The molecule has 0 atom stereocenters. The second-order valence-corrected chi connectivity index (χ2v) is 10.3. The number of halogens is 1. The van der Waals surface area contributed by atoms with Crippen molar-refractivity contribution in [3.63, 3.8) is 0 Å². The van der Waals surface area contributed by atoms with E-state index in [0.29, 0.717) is 39.5 Å². The number of aromatic amines is 1. The maximum absolute atomic E-state index is 13.6. The Hall–Kier alpha value is -4.09. The SMILES string of the molecule is O=c1[nH]c2cc3c(cc2cc1CN(Cc1ccc2c(c1)OCO2)S(=O)(=O)c1ccc(F)cc1)OCO3. The number of benzene rings is 3. The lowest BCUT2D eigenvalue weighted by molar-refractivity contribution is 0.173. The number of nitrogens with one attached hydrogen (secondary N) is 1. The highest BCUT2D eigenvalue weighted by molar-refractivity contribution is 7.89. The van der Waals surface area contributed by atoms with Crippen LogP contribution in [0.25, 0.3) is 10.9 Å². The summed E-state index contributed by atoms with van der Waals surface area (Å²) in [6, 6.07) is 14.7. The highest BCUT2D eigenvalue weighted by atomic mass is 32.2. The van der Waals surface area contributed by atoms with Gasteiger partial charge in [-0.3, -0.25) is 4.79 Å². The van der Waals surface area contributed by atoms with E-state index >= 15 is 0 Å². The summed E-state index contributed by atoms with van der Waals surface area (Å²) in [5, 5.41) is 0.663. The Morgan fingerprint density at radius 2 is 1.47 bits per heavy atom. The average Bonchev–Trinajstić information content (AvgIpc) is 3.51. The summed E-state index contributed by atoms with van der Waals surface area (Å²) in [6.45, 7) is -0.119. The van der Waals surface area contributed by atoms with E-state index in [1.807, 2.05) is 0 Å². The van der Waals surface area contributed by atoms with Crippen LogP contribution >= 0.6 is 0 Å². The van der Waals surface area contributed by atoms with Gasteiger partial charge < -0.3 is 23.9 Å². The van der Waals surface area contributed by atoms with Gasteiger partial charge in [0.1, 0.15) is 5.82 Å². The van der Waals surface area contributed by atoms with Gasteiger partial charge in [-0.1, -0.05) is 6.07 Å². The van der Waals surface area contributed by atoms with E-state index in [0.717, 1.165) is 12.1 Å². The van der Waals surface area contributed by atoms with Crippen molar-refractivity contribution in [2.75, 3.05) is 13.6 Å². The molecule has 184 valence electrons. The third kappa shape index (κ3) is 4.01. The van der Waals surface area contributed by atoms with Gasteiger partial charge in [0.05, 0.1) is 10.4 Å². The summed E-state index contributed by atoms with van der Waals surface area (Å²) >= 11 is 0. The molecule has 1 aromatic heterocycles. The highest BCUT2D eigenvalue weighted by Crippen LogP contribution is 2.36. The molecule has 0 fully saturated rings. The number of sulfonamides is 1. The fraction of sp³-hybridized carbons (Fsp3) is 0.160. The molecule has 3 aromatic carbocycles. The average molecular weight is 510 g/mol. The van der Waals surface area contributed by atoms with E-state index in [4.69, 9.17) is 18.9 Å². The minimum Gasteiger partial charge on any atom is -0.454 e. The van der Waals surface area contributed by atoms with Crippen LogP contribution in [-0.2, 0) is 23.1 Å². The zero-order valence-corrected chi connectivity index (χ0v) is 19.5. The highest BCUT2D eigenvalue weighted by Gasteiger charge is 2.27. The molecule has 0 saturated carbocycles. The number of fused-ring (bicyclic) bond motifs is 3. The third-order valence-corrected chi connectivity index (χ3v) is 7.81. The van der Waals surface area contributed by atoms with E-state index < -0.39 is 21.4 Å². The lowest BCUT2D eigenvalue weighted by atomic mass is 10.1. The third-order valence-electron chi connectivity index (χ3n) is 6.01. The lowest BCUT2D eigenvalue weighted by Crippen LogP contribution is -2.32. The summed E-state index contributed by atoms with van der Waals surface area (Å²) in [4.78, 5) is 15.6. The monoisotopic (exact) mass is 510 g/mol. The summed E-state index contributed by atoms with van der Waals surface area (Å²) in [5.74, 6) is 1.58. The van der Waals surface area contributed by atoms with Gasteiger partial charge in [0.25, 0.3) is 5.56 Å². The van der Waals surface area contributed by atoms with Crippen LogP contribution in [0.1, 0.15) is 11.1 Å². The Labute approximate surface area is 204 Å². The van der Waals surface area contributed by atoms with Gasteiger partial charge in [-0.05, 0) is 54.1 Å². The molecule has 0 unspecified atom stereocenters. The number of hydrogen-bond donors (Lipinski definition) is 1. The van der Waals surface area contributed by atoms with Gasteiger partial charge in [-0.25, -0.2) is 12.8 Å². The molecule has 0 amide bonds. The second kappa shape index (κ2) is 8.54. The molecule has 1 N–H and O–H groups in total. The maximum Gasteiger partial charge on any atom is 0.252 e. The van der Waals surface area contributed by atoms with Crippen LogP contribution in [0.3, 0.4) is 0 Å². The van der Waals surface area contributed by atoms with Gasteiger partial charge >= 0.3 is 0 Å². The van der Waals surface area contributed by atoms with Gasteiger partial charge in [0, 0.05) is 30.1 Å². The summed E-state index contributed by atoms with van der Waals surface area (Å²) in [5.41, 5.74) is 0.960. The van der Waals surface area contributed by atoms with Crippen LogP contribution in [0.2, 0.25) is 0 Å². The predicted octanol–water partition coefficient (Wildman–Crippen LogP) is 3.52. The van der Waals surface area contributed by atoms with Crippen molar-refractivity contribution in [1.82, 2.24) is 9.29 Å². The van der Waals surface area contributed by atoms with Crippen LogP contribution in [0.15, 0.2) is 70.4 Å². The van der Waals surface area contributed by atoms with Gasteiger partial charge in [0.15, 0.2) is 23.0 Å².